The Hall–Kier alpha value is -1.73. The molecule has 0 aromatic heterocycles. The quantitative estimate of drug-likeness (QED) is 0.0488. The Morgan fingerprint density at radius 3 is 1.12 bits per heavy atom. The van der Waals surface area contributed by atoms with Crippen LogP contribution < -0.4 is 21.3 Å². The maximum Gasteiger partial charge on any atom is 0.248 e. The predicted molar refractivity (Wildman–Crippen MR) is 210 cm³/mol. The van der Waals surface area contributed by atoms with Crippen molar-refractivity contribution in [1.29, 1.82) is 0 Å². The van der Waals surface area contributed by atoms with Crippen molar-refractivity contribution in [2.24, 2.45) is 10.8 Å². The van der Waals surface area contributed by atoms with Gasteiger partial charge in [0, 0.05) is 50.5 Å². The van der Waals surface area contributed by atoms with Gasteiger partial charge in [0.1, 0.15) is 24.8 Å². The standard InChI is InChI=1S/C34H66N4O8S2Si2/c1-31(2,3)49(11,12)45-27(33(7,8)23-39)29(43)37-17-15-25(41)35-19-21-47-48-22-20-36-26(42)16-18-38-30(44)28(34(9,10)24-40)46-50(13,14)32(4,5)6/h23-24,27-28H,15-22H2,1-14H3,(H,35,41)(H,36,42)(H,37,43)(H,38,44)/t27-,28-/m0/s1. The van der Waals surface area contributed by atoms with Gasteiger partial charge in [-0.05, 0) is 36.3 Å². The first-order chi connectivity index (χ1) is 22.6. The van der Waals surface area contributed by atoms with Gasteiger partial charge in [-0.1, -0.05) is 90.8 Å². The highest BCUT2D eigenvalue weighted by Gasteiger charge is 2.47. The van der Waals surface area contributed by atoms with Crippen molar-refractivity contribution in [3.8, 4) is 0 Å². The molecule has 2 atom stereocenters. The van der Waals surface area contributed by atoms with Crippen LogP contribution >= 0.6 is 21.6 Å². The lowest BCUT2D eigenvalue weighted by atomic mass is 9.88. The van der Waals surface area contributed by atoms with E-state index in [9.17, 15) is 28.8 Å². The third kappa shape index (κ3) is 16.7. The molecule has 0 fully saturated rings. The molecule has 0 radical (unpaired) electrons. The molecule has 0 aliphatic carbocycles. The average molecular weight is 779 g/mol. The van der Waals surface area contributed by atoms with E-state index in [1.807, 2.05) is 26.2 Å². The minimum Gasteiger partial charge on any atom is -0.404 e. The summed E-state index contributed by atoms with van der Waals surface area (Å²) in [6, 6.07) is 0. The van der Waals surface area contributed by atoms with Crippen LogP contribution in [-0.4, -0.2) is 103 Å². The van der Waals surface area contributed by atoms with E-state index in [0.717, 1.165) is 12.6 Å². The number of nitrogens with one attached hydrogen (secondary N) is 4. The Morgan fingerprint density at radius 1 is 0.560 bits per heavy atom. The van der Waals surface area contributed by atoms with Gasteiger partial charge in [0.15, 0.2) is 16.6 Å². The summed E-state index contributed by atoms with van der Waals surface area (Å²) < 4.78 is 12.6. The Balaban J connectivity index is 4.40. The van der Waals surface area contributed by atoms with Crippen LogP contribution in [0.25, 0.3) is 0 Å². The van der Waals surface area contributed by atoms with Gasteiger partial charge in [-0.15, -0.1) is 0 Å². The van der Waals surface area contributed by atoms with Crippen LogP contribution in [0.2, 0.25) is 36.3 Å². The van der Waals surface area contributed by atoms with Crippen molar-refractivity contribution in [3.63, 3.8) is 0 Å². The van der Waals surface area contributed by atoms with E-state index in [1.54, 1.807) is 49.3 Å². The molecule has 4 N–H and O–H groups in total. The Morgan fingerprint density at radius 2 is 0.860 bits per heavy atom. The summed E-state index contributed by atoms with van der Waals surface area (Å²) in [6.07, 6.45) is -0.215. The maximum atomic E-state index is 13.0. The number of carbonyl (C=O) groups is 6. The second-order valence-electron chi connectivity index (χ2n) is 16.8. The van der Waals surface area contributed by atoms with Gasteiger partial charge in [0.05, 0.1) is 10.8 Å². The van der Waals surface area contributed by atoms with Crippen LogP contribution in [0.4, 0.5) is 0 Å². The number of rotatable bonds is 23. The van der Waals surface area contributed by atoms with Gasteiger partial charge in [0.2, 0.25) is 23.6 Å². The maximum absolute atomic E-state index is 13.0. The lowest BCUT2D eigenvalue weighted by Gasteiger charge is -2.41. The molecule has 50 heavy (non-hydrogen) atoms. The summed E-state index contributed by atoms with van der Waals surface area (Å²) in [5.41, 5.74) is -2.03. The number of hydrogen-bond acceptors (Lipinski definition) is 10. The van der Waals surface area contributed by atoms with Crippen molar-refractivity contribution in [2.75, 3.05) is 37.7 Å². The van der Waals surface area contributed by atoms with E-state index in [4.69, 9.17) is 8.85 Å². The number of hydrogen-bond donors (Lipinski definition) is 4. The van der Waals surface area contributed by atoms with Crippen molar-refractivity contribution >= 4 is 74.4 Å². The van der Waals surface area contributed by atoms with Gasteiger partial charge < -0.3 is 39.7 Å². The van der Waals surface area contributed by atoms with Gasteiger partial charge in [0.25, 0.3) is 0 Å². The first-order valence-electron chi connectivity index (χ1n) is 17.3. The molecule has 4 amide bonds. The second-order valence-corrected chi connectivity index (χ2v) is 29.0. The molecule has 0 aliphatic rings. The molecule has 0 aromatic rings. The minimum atomic E-state index is -2.34. The summed E-state index contributed by atoms with van der Waals surface area (Å²) in [6.45, 7) is 28.4. The van der Waals surface area contributed by atoms with Crippen molar-refractivity contribution < 1.29 is 37.6 Å². The normalized spacial score (nSPS) is 14.3. The Kier molecular flexibility index (Phi) is 19.8. The Bertz CT molecular complexity index is 1070. The first kappa shape index (κ1) is 48.3. The molecule has 0 heterocycles. The zero-order chi connectivity index (χ0) is 39.2. The monoisotopic (exact) mass is 778 g/mol. The molecule has 16 heteroatoms. The number of amides is 4. The molecule has 0 spiro atoms. The topological polar surface area (TPSA) is 169 Å². The summed E-state index contributed by atoms with van der Waals surface area (Å²) in [5.74, 6) is 0.130. The van der Waals surface area contributed by atoms with Crippen LogP contribution in [0.5, 0.6) is 0 Å². The van der Waals surface area contributed by atoms with Crippen LogP contribution in [0.15, 0.2) is 0 Å². The zero-order valence-corrected chi connectivity index (χ0v) is 36.7. The molecule has 0 saturated carbocycles. The van der Waals surface area contributed by atoms with Crippen LogP contribution in [0, 0.1) is 10.8 Å². The number of carbonyl (C=O) groups excluding carboxylic acids is 6. The fourth-order valence-electron chi connectivity index (χ4n) is 3.70. The second kappa shape index (κ2) is 20.5. The smallest absolute Gasteiger partial charge is 0.248 e. The summed E-state index contributed by atoms with van der Waals surface area (Å²) >= 11 is 0. The molecule has 290 valence electrons. The van der Waals surface area contributed by atoms with Crippen LogP contribution in [0.3, 0.4) is 0 Å². The lowest BCUT2D eigenvalue weighted by Crippen LogP contribution is -2.54. The minimum absolute atomic E-state index is 0.101. The molecule has 0 unspecified atom stereocenters. The fourth-order valence-corrected chi connectivity index (χ4v) is 8.22. The zero-order valence-electron chi connectivity index (χ0n) is 33.0. The SMILES string of the molecule is CC(C)(C=O)[C@@H](O[Si](C)(C)C(C)(C)C)C(=O)NCCC(=O)NCCSSCCNC(=O)CCNC(=O)[C@H](O[Si](C)(C)C(C)(C)C)C(C)(C)C=O. The summed E-state index contributed by atoms with van der Waals surface area (Å²) in [5, 5.41) is 10.9. The molecule has 0 saturated heterocycles. The Labute approximate surface area is 311 Å². The van der Waals surface area contributed by atoms with Crippen LogP contribution in [0.1, 0.15) is 82.1 Å². The van der Waals surface area contributed by atoms with E-state index in [2.05, 4.69) is 62.8 Å². The molecule has 0 rings (SSSR count). The van der Waals surface area contributed by atoms with Crippen molar-refractivity contribution in [3.05, 3.63) is 0 Å². The van der Waals surface area contributed by atoms with Gasteiger partial charge in [-0.2, -0.15) is 0 Å². The largest absolute Gasteiger partial charge is 0.404 e. The van der Waals surface area contributed by atoms with E-state index in [0.29, 0.717) is 24.6 Å². The predicted octanol–water partition coefficient (Wildman–Crippen LogP) is 4.84. The molecule has 0 bridgehead atoms. The highest BCUT2D eigenvalue weighted by molar-refractivity contribution is 8.76. The molecule has 0 aromatic carbocycles. The average Bonchev–Trinajstić information content (AvgIpc) is 2.98. The molecular formula is C34H66N4O8S2Si2. The lowest BCUT2D eigenvalue weighted by molar-refractivity contribution is -0.138. The van der Waals surface area contributed by atoms with Gasteiger partial charge in [-0.25, -0.2) is 0 Å². The highest BCUT2D eigenvalue weighted by atomic mass is 33.1. The summed E-state index contributed by atoms with van der Waals surface area (Å²) in [4.78, 5) is 74.1. The first-order valence-corrected chi connectivity index (χ1v) is 25.6. The van der Waals surface area contributed by atoms with E-state index in [-0.39, 0.29) is 47.8 Å². The van der Waals surface area contributed by atoms with Crippen molar-refractivity contribution in [2.45, 2.75) is 131 Å². The van der Waals surface area contributed by atoms with Gasteiger partial charge >= 0.3 is 0 Å². The summed E-state index contributed by atoms with van der Waals surface area (Å²) in [7, 11) is -1.54. The fraction of sp³-hybridized carbons (Fsp3) is 0.824. The van der Waals surface area contributed by atoms with E-state index < -0.39 is 51.5 Å². The third-order valence-corrected chi connectivity index (χ3v) is 20.6. The third-order valence-electron chi connectivity index (χ3n) is 9.27. The van der Waals surface area contributed by atoms with Crippen LogP contribution in [-0.2, 0) is 37.6 Å². The van der Waals surface area contributed by atoms with E-state index >= 15 is 0 Å². The number of aldehydes is 2. The molecule has 0 aliphatic heterocycles. The molecular weight excluding hydrogens is 713 g/mol. The van der Waals surface area contributed by atoms with Crippen molar-refractivity contribution in [1.82, 2.24) is 21.3 Å². The highest BCUT2D eigenvalue weighted by Crippen LogP contribution is 2.40. The molecule has 12 nitrogen and oxygen atoms in total. The van der Waals surface area contributed by atoms with E-state index in [1.165, 1.54) is 0 Å². The van der Waals surface area contributed by atoms with Gasteiger partial charge in [-0.3, -0.25) is 19.2 Å².